The van der Waals surface area contributed by atoms with Crippen molar-refractivity contribution in [3.05, 3.63) is 24.0 Å². The van der Waals surface area contributed by atoms with Crippen LogP contribution in [0.4, 0.5) is 10.1 Å². The predicted octanol–water partition coefficient (Wildman–Crippen LogP) is 2.99. The lowest BCUT2D eigenvalue weighted by Gasteiger charge is -2.11. The van der Waals surface area contributed by atoms with Gasteiger partial charge in [0, 0.05) is 18.3 Å². The van der Waals surface area contributed by atoms with Crippen molar-refractivity contribution in [3.63, 3.8) is 0 Å². The first-order valence-corrected chi connectivity index (χ1v) is 4.86. The number of nitrogens with one attached hydrogen (secondary N) is 1. The van der Waals surface area contributed by atoms with Gasteiger partial charge in [-0.1, -0.05) is 20.3 Å². The van der Waals surface area contributed by atoms with Crippen molar-refractivity contribution in [2.75, 3.05) is 11.9 Å². The van der Waals surface area contributed by atoms with Gasteiger partial charge >= 0.3 is 0 Å². The summed E-state index contributed by atoms with van der Waals surface area (Å²) in [5, 5.41) is 12.1. The number of benzene rings is 1. The first-order chi connectivity index (χ1) is 6.63. The van der Waals surface area contributed by atoms with Crippen LogP contribution in [0.3, 0.4) is 0 Å². The van der Waals surface area contributed by atoms with Crippen LogP contribution in [0.15, 0.2) is 18.2 Å². The summed E-state index contributed by atoms with van der Waals surface area (Å²) in [6, 6.07) is 4.33. The van der Waals surface area contributed by atoms with Gasteiger partial charge in [-0.15, -0.1) is 0 Å². The van der Waals surface area contributed by atoms with Crippen LogP contribution >= 0.6 is 0 Å². The normalized spacial score (nSPS) is 12.5. The van der Waals surface area contributed by atoms with Crippen LogP contribution in [0.25, 0.3) is 0 Å². The fourth-order valence-corrected chi connectivity index (χ4v) is 1.05. The smallest absolute Gasteiger partial charge is 0.166 e. The Balaban J connectivity index is 2.55. The second kappa shape index (κ2) is 4.84. The SMILES string of the molecule is CCC(C)CNc1ccc(O)c(F)c1. The minimum atomic E-state index is -0.584. The molecule has 3 heteroatoms. The molecule has 0 fully saturated rings. The molecule has 0 heterocycles. The molecule has 0 bridgehead atoms. The molecule has 0 aliphatic rings. The number of halogens is 1. The Hall–Kier alpha value is -1.25. The van der Waals surface area contributed by atoms with Gasteiger partial charge in [0.1, 0.15) is 0 Å². The number of aromatic hydroxyl groups is 1. The molecule has 1 aromatic carbocycles. The molecule has 0 aliphatic carbocycles. The lowest BCUT2D eigenvalue weighted by Crippen LogP contribution is -2.10. The third-order valence-corrected chi connectivity index (χ3v) is 2.30. The Morgan fingerprint density at radius 1 is 1.50 bits per heavy atom. The van der Waals surface area contributed by atoms with Crippen molar-refractivity contribution in [3.8, 4) is 5.75 Å². The molecular weight excluding hydrogens is 181 g/mol. The molecule has 1 atom stereocenters. The summed E-state index contributed by atoms with van der Waals surface area (Å²) in [4.78, 5) is 0. The maximum Gasteiger partial charge on any atom is 0.166 e. The minimum Gasteiger partial charge on any atom is -0.505 e. The van der Waals surface area contributed by atoms with Crippen LogP contribution in [0.5, 0.6) is 5.75 Å². The van der Waals surface area contributed by atoms with E-state index in [1.165, 1.54) is 12.1 Å². The summed E-state index contributed by atoms with van der Waals surface area (Å²) in [5.74, 6) is -0.329. The van der Waals surface area contributed by atoms with Crippen molar-refractivity contribution < 1.29 is 9.50 Å². The average Bonchev–Trinajstić information content (AvgIpc) is 2.19. The third-order valence-electron chi connectivity index (χ3n) is 2.30. The minimum absolute atomic E-state index is 0.306. The zero-order valence-electron chi connectivity index (χ0n) is 8.55. The highest BCUT2D eigenvalue weighted by Gasteiger charge is 2.02. The second-order valence-electron chi connectivity index (χ2n) is 3.56. The van der Waals surface area contributed by atoms with Gasteiger partial charge in [-0.2, -0.15) is 0 Å². The van der Waals surface area contributed by atoms with Crippen molar-refractivity contribution in [1.29, 1.82) is 0 Å². The lowest BCUT2D eigenvalue weighted by atomic mass is 10.1. The van der Waals surface area contributed by atoms with Gasteiger partial charge in [-0.25, -0.2) is 4.39 Å². The first kappa shape index (κ1) is 10.8. The molecule has 1 unspecified atom stereocenters. The fourth-order valence-electron chi connectivity index (χ4n) is 1.05. The number of anilines is 1. The van der Waals surface area contributed by atoms with Crippen LogP contribution in [0.1, 0.15) is 20.3 Å². The number of phenolic OH excluding ortho intramolecular Hbond substituents is 1. The standard InChI is InChI=1S/C11H16FNO/c1-3-8(2)7-13-9-4-5-11(14)10(12)6-9/h4-6,8,13-14H,3,7H2,1-2H3. The van der Waals surface area contributed by atoms with Crippen LogP contribution in [0.2, 0.25) is 0 Å². The Bertz CT molecular complexity index is 301. The molecule has 0 radical (unpaired) electrons. The van der Waals surface area contributed by atoms with Gasteiger partial charge in [0.15, 0.2) is 11.6 Å². The summed E-state index contributed by atoms with van der Waals surface area (Å²) in [5.41, 5.74) is 0.709. The number of hydrogen-bond donors (Lipinski definition) is 2. The molecule has 0 spiro atoms. The molecule has 0 aromatic heterocycles. The van der Waals surface area contributed by atoms with Crippen LogP contribution in [-0.4, -0.2) is 11.7 Å². The van der Waals surface area contributed by atoms with E-state index < -0.39 is 5.82 Å². The van der Waals surface area contributed by atoms with Gasteiger partial charge in [0.05, 0.1) is 0 Å². The van der Waals surface area contributed by atoms with E-state index in [0.717, 1.165) is 13.0 Å². The summed E-state index contributed by atoms with van der Waals surface area (Å²) < 4.78 is 12.9. The molecule has 0 aliphatic heterocycles. The molecule has 14 heavy (non-hydrogen) atoms. The maximum absolute atomic E-state index is 12.9. The first-order valence-electron chi connectivity index (χ1n) is 4.86. The van der Waals surface area contributed by atoms with Crippen molar-refractivity contribution >= 4 is 5.69 Å². The van der Waals surface area contributed by atoms with Crippen molar-refractivity contribution in [2.24, 2.45) is 5.92 Å². The van der Waals surface area contributed by atoms with E-state index in [4.69, 9.17) is 5.11 Å². The van der Waals surface area contributed by atoms with Gasteiger partial charge in [-0.3, -0.25) is 0 Å². The summed E-state index contributed by atoms with van der Waals surface area (Å²) in [7, 11) is 0. The lowest BCUT2D eigenvalue weighted by molar-refractivity contribution is 0.432. The maximum atomic E-state index is 12.9. The zero-order chi connectivity index (χ0) is 10.6. The van der Waals surface area contributed by atoms with Crippen molar-refractivity contribution in [2.45, 2.75) is 20.3 Å². The molecule has 2 N–H and O–H groups in total. The van der Waals surface area contributed by atoms with Gasteiger partial charge in [0.25, 0.3) is 0 Å². The van der Waals surface area contributed by atoms with E-state index in [2.05, 4.69) is 19.2 Å². The summed E-state index contributed by atoms with van der Waals surface area (Å²) in [6.07, 6.45) is 1.09. The zero-order valence-corrected chi connectivity index (χ0v) is 8.55. The Morgan fingerprint density at radius 2 is 2.21 bits per heavy atom. The Morgan fingerprint density at radius 3 is 2.79 bits per heavy atom. The molecule has 0 amide bonds. The van der Waals surface area contributed by atoms with E-state index in [0.29, 0.717) is 11.6 Å². The predicted molar refractivity (Wildman–Crippen MR) is 56.0 cm³/mol. The monoisotopic (exact) mass is 197 g/mol. The molecular formula is C11H16FNO. The van der Waals surface area contributed by atoms with E-state index >= 15 is 0 Å². The van der Waals surface area contributed by atoms with E-state index in [1.54, 1.807) is 6.07 Å². The molecule has 2 nitrogen and oxygen atoms in total. The topological polar surface area (TPSA) is 32.3 Å². The van der Waals surface area contributed by atoms with E-state index in [-0.39, 0.29) is 5.75 Å². The van der Waals surface area contributed by atoms with Crippen LogP contribution in [-0.2, 0) is 0 Å². The molecule has 78 valence electrons. The average molecular weight is 197 g/mol. The Kier molecular flexibility index (Phi) is 3.74. The molecule has 0 saturated carbocycles. The van der Waals surface area contributed by atoms with Gasteiger partial charge in [0.2, 0.25) is 0 Å². The highest BCUT2D eigenvalue weighted by Crippen LogP contribution is 2.19. The van der Waals surface area contributed by atoms with Crippen LogP contribution < -0.4 is 5.32 Å². The van der Waals surface area contributed by atoms with Gasteiger partial charge in [-0.05, 0) is 18.1 Å². The molecule has 0 saturated heterocycles. The van der Waals surface area contributed by atoms with E-state index in [1.807, 2.05) is 0 Å². The van der Waals surface area contributed by atoms with Gasteiger partial charge < -0.3 is 10.4 Å². The summed E-state index contributed by atoms with van der Waals surface area (Å²) in [6.45, 7) is 5.06. The highest BCUT2D eigenvalue weighted by atomic mass is 19.1. The third kappa shape index (κ3) is 2.91. The number of phenols is 1. The number of hydrogen-bond acceptors (Lipinski definition) is 2. The fraction of sp³-hybridized carbons (Fsp3) is 0.455. The highest BCUT2D eigenvalue weighted by molar-refractivity contribution is 5.46. The summed E-state index contributed by atoms with van der Waals surface area (Å²) >= 11 is 0. The van der Waals surface area contributed by atoms with E-state index in [9.17, 15) is 4.39 Å². The largest absolute Gasteiger partial charge is 0.505 e. The van der Waals surface area contributed by atoms with Crippen molar-refractivity contribution in [1.82, 2.24) is 0 Å². The Labute approximate surface area is 83.8 Å². The molecule has 1 rings (SSSR count). The van der Waals surface area contributed by atoms with Crippen LogP contribution in [0, 0.1) is 11.7 Å². The second-order valence-corrected chi connectivity index (χ2v) is 3.56. The molecule has 1 aromatic rings. The number of rotatable bonds is 4. The quantitative estimate of drug-likeness (QED) is 0.727.